The minimum atomic E-state index is -1.32. The van der Waals surface area contributed by atoms with Crippen LogP contribution in [-0.4, -0.2) is 42.7 Å². The van der Waals surface area contributed by atoms with Gasteiger partial charge in [-0.15, -0.1) is 0 Å². The Bertz CT molecular complexity index is 494. The van der Waals surface area contributed by atoms with E-state index in [2.05, 4.69) is 19.2 Å². The van der Waals surface area contributed by atoms with Crippen molar-refractivity contribution in [3.63, 3.8) is 0 Å². The predicted octanol–water partition coefficient (Wildman–Crippen LogP) is 2.49. The molecule has 0 fully saturated rings. The number of nitrogens with zero attached hydrogens (tertiary/aromatic N) is 1. The average Bonchev–Trinajstić information content (AvgIpc) is 2.31. The Balaban J connectivity index is 2.98. The van der Waals surface area contributed by atoms with E-state index in [1.165, 1.54) is 0 Å². The first-order valence-corrected chi connectivity index (χ1v) is 6.94. The maximum absolute atomic E-state index is 13.8. The fraction of sp³-hybridized carbons (Fsp3) is 0.533. The molecule has 0 saturated carbocycles. The quantitative estimate of drug-likeness (QED) is 0.674. The van der Waals surface area contributed by atoms with Crippen LogP contribution in [0.5, 0.6) is 0 Å². The normalized spacial score (nSPS) is 12.7. The van der Waals surface area contributed by atoms with Gasteiger partial charge in [0.15, 0.2) is 0 Å². The number of carboxylic acid groups (broad SMARTS) is 1. The molecular formula is C15H24FN3O2. The predicted molar refractivity (Wildman–Crippen MR) is 83.2 cm³/mol. The molecule has 0 saturated heterocycles. The summed E-state index contributed by atoms with van der Waals surface area (Å²) in [5.74, 6) is -1.63. The van der Waals surface area contributed by atoms with Crippen molar-refractivity contribution in [2.75, 3.05) is 31.7 Å². The number of carbonyl (C=O) groups is 1. The molecule has 0 aliphatic carbocycles. The van der Waals surface area contributed by atoms with Gasteiger partial charge in [-0.1, -0.05) is 13.8 Å². The van der Waals surface area contributed by atoms with Crippen molar-refractivity contribution in [1.82, 2.24) is 4.90 Å². The van der Waals surface area contributed by atoms with Crippen LogP contribution in [0, 0.1) is 11.7 Å². The van der Waals surface area contributed by atoms with E-state index in [4.69, 9.17) is 10.8 Å². The highest BCUT2D eigenvalue weighted by Crippen LogP contribution is 2.25. The van der Waals surface area contributed by atoms with Crippen LogP contribution in [0.25, 0.3) is 0 Å². The molecule has 0 amide bonds. The minimum absolute atomic E-state index is 0.109. The summed E-state index contributed by atoms with van der Waals surface area (Å²) >= 11 is 0. The monoisotopic (exact) mass is 297 g/mol. The Morgan fingerprint density at radius 3 is 2.52 bits per heavy atom. The molecule has 1 atom stereocenters. The SMILES string of the molecule is CC(C)CC(CN(C)C)Nc1cc(F)c(C(=O)O)cc1N. The Labute approximate surface area is 124 Å². The molecule has 0 heterocycles. The molecule has 1 rings (SSSR count). The van der Waals surface area contributed by atoms with Crippen molar-refractivity contribution in [3.8, 4) is 0 Å². The summed E-state index contributed by atoms with van der Waals surface area (Å²) in [7, 11) is 3.93. The lowest BCUT2D eigenvalue weighted by molar-refractivity contribution is 0.0692. The molecule has 5 nitrogen and oxygen atoms in total. The van der Waals surface area contributed by atoms with E-state index >= 15 is 0 Å². The number of carboxylic acids is 1. The highest BCUT2D eigenvalue weighted by atomic mass is 19.1. The van der Waals surface area contributed by atoms with E-state index < -0.39 is 17.3 Å². The molecule has 118 valence electrons. The summed E-state index contributed by atoms with van der Waals surface area (Å²) in [6, 6.07) is 2.42. The maximum atomic E-state index is 13.8. The topological polar surface area (TPSA) is 78.6 Å². The van der Waals surface area contributed by atoms with Gasteiger partial charge < -0.3 is 21.1 Å². The highest BCUT2D eigenvalue weighted by Gasteiger charge is 2.17. The van der Waals surface area contributed by atoms with Crippen LogP contribution < -0.4 is 11.1 Å². The first kappa shape index (κ1) is 17.2. The molecule has 0 aromatic heterocycles. The molecule has 0 aliphatic rings. The van der Waals surface area contributed by atoms with Gasteiger partial charge in [0.25, 0.3) is 0 Å². The highest BCUT2D eigenvalue weighted by molar-refractivity contribution is 5.90. The number of halogens is 1. The number of nitrogens with two attached hydrogens (primary N) is 1. The van der Waals surface area contributed by atoms with Gasteiger partial charge in [-0.05, 0) is 38.6 Å². The lowest BCUT2D eigenvalue weighted by atomic mass is 10.0. The maximum Gasteiger partial charge on any atom is 0.338 e. The van der Waals surface area contributed by atoms with Crippen LogP contribution >= 0.6 is 0 Å². The summed E-state index contributed by atoms with van der Waals surface area (Å²) in [6.07, 6.45) is 0.903. The minimum Gasteiger partial charge on any atom is -0.478 e. The zero-order valence-corrected chi connectivity index (χ0v) is 13.0. The number of hydrogen-bond donors (Lipinski definition) is 3. The van der Waals surface area contributed by atoms with Crippen LogP contribution in [0.2, 0.25) is 0 Å². The van der Waals surface area contributed by atoms with Crippen molar-refractivity contribution >= 4 is 17.3 Å². The summed E-state index contributed by atoms with van der Waals surface area (Å²) in [6.45, 7) is 5.00. The smallest absolute Gasteiger partial charge is 0.338 e. The van der Waals surface area contributed by atoms with E-state index in [1.807, 2.05) is 19.0 Å². The van der Waals surface area contributed by atoms with Crippen LogP contribution in [0.4, 0.5) is 15.8 Å². The van der Waals surface area contributed by atoms with Crippen molar-refractivity contribution in [2.45, 2.75) is 26.3 Å². The summed E-state index contributed by atoms with van der Waals surface area (Å²) in [4.78, 5) is 12.9. The third kappa shape index (κ3) is 5.23. The molecule has 4 N–H and O–H groups in total. The second-order valence-electron chi connectivity index (χ2n) is 5.96. The number of nitrogen functional groups attached to an aromatic ring is 1. The molecule has 0 aliphatic heterocycles. The number of hydrogen-bond acceptors (Lipinski definition) is 4. The Morgan fingerprint density at radius 1 is 1.43 bits per heavy atom. The van der Waals surface area contributed by atoms with E-state index in [9.17, 15) is 9.18 Å². The molecule has 1 unspecified atom stereocenters. The van der Waals surface area contributed by atoms with Crippen LogP contribution in [-0.2, 0) is 0 Å². The summed E-state index contributed by atoms with van der Waals surface area (Å²) in [5.41, 5.74) is 6.09. The number of benzene rings is 1. The van der Waals surface area contributed by atoms with Gasteiger partial charge in [0.2, 0.25) is 0 Å². The number of anilines is 2. The van der Waals surface area contributed by atoms with Crippen LogP contribution in [0.3, 0.4) is 0 Å². The molecule has 6 heteroatoms. The zero-order valence-electron chi connectivity index (χ0n) is 13.0. The van der Waals surface area contributed by atoms with Gasteiger partial charge in [0.1, 0.15) is 5.82 Å². The number of nitrogens with one attached hydrogen (secondary N) is 1. The zero-order chi connectivity index (χ0) is 16.2. The third-order valence-electron chi connectivity index (χ3n) is 3.07. The average molecular weight is 297 g/mol. The first-order valence-electron chi connectivity index (χ1n) is 6.94. The van der Waals surface area contributed by atoms with Gasteiger partial charge in [-0.25, -0.2) is 9.18 Å². The molecule has 0 spiro atoms. The molecule has 1 aromatic carbocycles. The largest absolute Gasteiger partial charge is 0.478 e. The summed E-state index contributed by atoms with van der Waals surface area (Å²) < 4.78 is 13.8. The van der Waals surface area contributed by atoms with Gasteiger partial charge >= 0.3 is 5.97 Å². The van der Waals surface area contributed by atoms with E-state index in [1.54, 1.807) is 0 Å². The lowest BCUT2D eigenvalue weighted by Crippen LogP contribution is -2.33. The lowest BCUT2D eigenvalue weighted by Gasteiger charge is -2.25. The van der Waals surface area contributed by atoms with E-state index in [0.29, 0.717) is 11.6 Å². The Kier molecular flexibility index (Phi) is 5.96. The second kappa shape index (κ2) is 7.26. The first-order chi connectivity index (χ1) is 9.70. The third-order valence-corrected chi connectivity index (χ3v) is 3.07. The number of rotatable bonds is 7. The van der Waals surface area contributed by atoms with Gasteiger partial charge in [0, 0.05) is 12.6 Å². The Morgan fingerprint density at radius 2 is 2.05 bits per heavy atom. The molecule has 1 aromatic rings. The fourth-order valence-corrected chi connectivity index (χ4v) is 2.29. The van der Waals surface area contributed by atoms with E-state index in [-0.39, 0.29) is 11.7 Å². The van der Waals surface area contributed by atoms with Crippen LogP contribution in [0.1, 0.15) is 30.6 Å². The number of likely N-dealkylation sites (N-methyl/N-ethyl adjacent to an activating group) is 1. The summed E-state index contributed by atoms with van der Waals surface area (Å²) in [5, 5.41) is 12.1. The van der Waals surface area contributed by atoms with Crippen molar-refractivity contribution in [2.24, 2.45) is 5.92 Å². The number of aromatic carboxylic acids is 1. The standard InChI is InChI=1S/C15H24FN3O2/c1-9(2)5-10(8-19(3)4)18-14-7-12(16)11(15(20)21)6-13(14)17/h6-7,9-10,18H,5,8,17H2,1-4H3,(H,20,21). The van der Waals surface area contributed by atoms with Crippen molar-refractivity contribution in [3.05, 3.63) is 23.5 Å². The van der Waals surface area contributed by atoms with Crippen molar-refractivity contribution in [1.29, 1.82) is 0 Å². The molecule has 0 radical (unpaired) electrons. The molecule has 21 heavy (non-hydrogen) atoms. The van der Waals surface area contributed by atoms with Gasteiger partial charge in [-0.2, -0.15) is 0 Å². The van der Waals surface area contributed by atoms with Crippen molar-refractivity contribution < 1.29 is 14.3 Å². The van der Waals surface area contributed by atoms with Gasteiger partial charge in [-0.3, -0.25) is 0 Å². The fourth-order valence-electron chi connectivity index (χ4n) is 2.29. The molecule has 0 bridgehead atoms. The Hall–Kier alpha value is -1.82. The van der Waals surface area contributed by atoms with Crippen LogP contribution in [0.15, 0.2) is 12.1 Å². The molecular weight excluding hydrogens is 273 g/mol. The van der Waals surface area contributed by atoms with E-state index in [0.717, 1.165) is 25.1 Å². The second-order valence-corrected chi connectivity index (χ2v) is 5.96. The van der Waals surface area contributed by atoms with Gasteiger partial charge in [0.05, 0.1) is 16.9 Å².